The van der Waals surface area contributed by atoms with Crippen LogP contribution in [0.4, 0.5) is 0 Å². The molecule has 0 spiro atoms. The Morgan fingerprint density at radius 2 is 2.00 bits per heavy atom. The Morgan fingerprint density at radius 1 is 1.16 bits per heavy atom. The number of hydrogen-bond acceptors (Lipinski definition) is 6. The van der Waals surface area contributed by atoms with Crippen molar-refractivity contribution in [2.24, 2.45) is 0 Å². The van der Waals surface area contributed by atoms with E-state index in [1.54, 1.807) is 30.9 Å². The number of amides is 1. The van der Waals surface area contributed by atoms with Crippen LogP contribution in [-0.4, -0.2) is 31.7 Å². The van der Waals surface area contributed by atoms with E-state index < -0.39 is 0 Å². The number of hydrogen-bond donors (Lipinski definition) is 1. The van der Waals surface area contributed by atoms with Crippen molar-refractivity contribution in [3.63, 3.8) is 0 Å². The molecular weight excluding hydrogens is 356 g/mol. The summed E-state index contributed by atoms with van der Waals surface area (Å²) in [6.07, 6.45) is 0.702. The van der Waals surface area contributed by atoms with Crippen LogP contribution in [0.5, 0.6) is 11.5 Å². The molecule has 25 heavy (non-hydrogen) atoms. The summed E-state index contributed by atoms with van der Waals surface area (Å²) in [5, 5.41) is 9.59. The second kappa shape index (κ2) is 8.13. The molecule has 1 N–H and O–H groups in total. The Kier molecular flexibility index (Phi) is 5.67. The minimum Gasteiger partial charge on any atom is -0.493 e. The molecule has 3 aromatic rings. The zero-order chi connectivity index (χ0) is 17.6. The van der Waals surface area contributed by atoms with Gasteiger partial charge in [0.25, 0.3) is 5.91 Å². The van der Waals surface area contributed by atoms with E-state index in [1.807, 2.05) is 35.0 Å². The van der Waals surface area contributed by atoms with Crippen LogP contribution in [-0.2, 0) is 6.42 Å². The van der Waals surface area contributed by atoms with Crippen LogP contribution in [0.15, 0.2) is 40.4 Å². The summed E-state index contributed by atoms with van der Waals surface area (Å²) in [7, 11) is 3.21. The lowest BCUT2D eigenvalue weighted by Crippen LogP contribution is -2.25. The summed E-state index contributed by atoms with van der Waals surface area (Å²) in [6, 6.07) is 7.75. The first-order valence-corrected chi connectivity index (χ1v) is 9.50. The van der Waals surface area contributed by atoms with Gasteiger partial charge in [-0.05, 0) is 35.6 Å². The molecule has 2 aromatic heterocycles. The first kappa shape index (κ1) is 17.4. The molecule has 2 heterocycles. The van der Waals surface area contributed by atoms with Gasteiger partial charge in [0, 0.05) is 22.9 Å². The number of ether oxygens (including phenoxy) is 2. The first-order chi connectivity index (χ1) is 12.2. The van der Waals surface area contributed by atoms with Crippen LogP contribution < -0.4 is 14.8 Å². The van der Waals surface area contributed by atoms with Gasteiger partial charge in [-0.25, -0.2) is 4.98 Å². The zero-order valence-corrected chi connectivity index (χ0v) is 15.6. The van der Waals surface area contributed by atoms with Crippen molar-refractivity contribution in [1.29, 1.82) is 0 Å². The molecule has 5 nitrogen and oxygen atoms in total. The van der Waals surface area contributed by atoms with E-state index in [-0.39, 0.29) is 5.91 Å². The molecule has 0 unspecified atom stereocenters. The molecule has 0 bridgehead atoms. The van der Waals surface area contributed by atoms with Gasteiger partial charge in [-0.1, -0.05) is 6.07 Å². The Labute approximate surface area is 154 Å². The number of aromatic nitrogens is 1. The van der Waals surface area contributed by atoms with Gasteiger partial charge < -0.3 is 14.8 Å². The highest BCUT2D eigenvalue weighted by Gasteiger charge is 2.12. The molecule has 1 aromatic carbocycles. The molecule has 1 amide bonds. The van der Waals surface area contributed by atoms with Crippen molar-refractivity contribution in [2.75, 3.05) is 20.8 Å². The summed E-state index contributed by atoms with van der Waals surface area (Å²) in [5.74, 6) is 1.23. The molecule has 0 fully saturated rings. The van der Waals surface area contributed by atoms with Gasteiger partial charge in [-0.15, -0.1) is 11.3 Å². The lowest BCUT2D eigenvalue weighted by atomic mass is 10.1. The maximum absolute atomic E-state index is 12.2. The largest absolute Gasteiger partial charge is 0.493 e. The normalized spacial score (nSPS) is 10.5. The molecule has 7 heteroatoms. The number of rotatable bonds is 7. The minimum atomic E-state index is -0.154. The van der Waals surface area contributed by atoms with Gasteiger partial charge in [0.2, 0.25) is 0 Å². The van der Waals surface area contributed by atoms with Gasteiger partial charge in [0.1, 0.15) is 10.7 Å². The first-order valence-electron chi connectivity index (χ1n) is 7.68. The average Bonchev–Trinajstić information content (AvgIpc) is 3.32. The zero-order valence-electron chi connectivity index (χ0n) is 13.9. The molecule has 0 atom stereocenters. The number of nitrogens with zero attached hydrogens (tertiary/aromatic N) is 1. The van der Waals surface area contributed by atoms with Crippen LogP contribution >= 0.6 is 22.7 Å². The predicted octanol–water partition coefficient (Wildman–Crippen LogP) is 3.86. The number of carbonyl (C=O) groups is 1. The molecule has 0 aliphatic rings. The lowest BCUT2D eigenvalue weighted by molar-refractivity contribution is 0.0950. The third-order valence-corrected chi connectivity index (χ3v) is 5.23. The maximum Gasteiger partial charge on any atom is 0.270 e. The molecule has 0 saturated heterocycles. The molecular formula is C18H18N2O3S2. The van der Waals surface area contributed by atoms with Gasteiger partial charge in [-0.3, -0.25) is 4.79 Å². The van der Waals surface area contributed by atoms with Gasteiger partial charge in [0.15, 0.2) is 11.5 Å². The summed E-state index contributed by atoms with van der Waals surface area (Å²) < 4.78 is 10.5. The fourth-order valence-corrected chi connectivity index (χ4v) is 3.86. The van der Waals surface area contributed by atoms with Crippen LogP contribution in [0.25, 0.3) is 10.6 Å². The number of thiazole rings is 1. The molecule has 0 aliphatic heterocycles. The number of methoxy groups -OCH3 is 2. The number of nitrogens with one attached hydrogen (secondary N) is 1. The van der Waals surface area contributed by atoms with Crippen molar-refractivity contribution >= 4 is 28.6 Å². The van der Waals surface area contributed by atoms with E-state index in [1.165, 1.54) is 11.3 Å². The highest BCUT2D eigenvalue weighted by molar-refractivity contribution is 7.14. The maximum atomic E-state index is 12.2. The van der Waals surface area contributed by atoms with Crippen LogP contribution in [0.2, 0.25) is 0 Å². The summed E-state index contributed by atoms with van der Waals surface area (Å²) in [6.45, 7) is 0.527. The highest BCUT2D eigenvalue weighted by atomic mass is 32.1. The molecule has 0 radical (unpaired) electrons. The summed E-state index contributed by atoms with van der Waals surface area (Å²) in [5.41, 5.74) is 2.58. The molecule has 0 aliphatic carbocycles. The monoisotopic (exact) mass is 374 g/mol. The van der Waals surface area contributed by atoms with Crippen molar-refractivity contribution in [3.8, 4) is 22.1 Å². The number of benzene rings is 1. The fourth-order valence-electron chi connectivity index (χ4n) is 2.34. The van der Waals surface area contributed by atoms with E-state index in [9.17, 15) is 4.79 Å². The number of thiophene rings is 1. The Balaban J connectivity index is 1.56. The summed E-state index contributed by atoms with van der Waals surface area (Å²) >= 11 is 3.09. The second-order valence-corrected chi connectivity index (χ2v) is 6.88. The smallest absolute Gasteiger partial charge is 0.270 e. The number of carbonyl (C=O) groups excluding carboxylic acids is 1. The lowest BCUT2D eigenvalue weighted by Gasteiger charge is -2.09. The van der Waals surface area contributed by atoms with Gasteiger partial charge in [-0.2, -0.15) is 11.3 Å². The molecule has 0 saturated carbocycles. The SMILES string of the molecule is COc1ccc(CCNC(=O)c2csc(-c3ccsc3)n2)cc1OC. The minimum absolute atomic E-state index is 0.154. The fraction of sp³-hybridized carbons (Fsp3) is 0.222. The van der Waals surface area contributed by atoms with Gasteiger partial charge in [0.05, 0.1) is 14.2 Å². The summed E-state index contributed by atoms with van der Waals surface area (Å²) in [4.78, 5) is 16.6. The average molecular weight is 374 g/mol. The van der Waals surface area contributed by atoms with E-state index >= 15 is 0 Å². The van der Waals surface area contributed by atoms with Crippen molar-refractivity contribution in [2.45, 2.75) is 6.42 Å². The second-order valence-electron chi connectivity index (χ2n) is 5.25. The Bertz CT molecular complexity index is 844. The van der Waals surface area contributed by atoms with E-state index in [0.717, 1.165) is 16.1 Å². The third kappa shape index (κ3) is 4.18. The van der Waals surface area contributed by atoms with Crippen molar-refractivity contribution in [1.82, 2.24) is 10.3 Å². The van der Waals surface area contributed by atoms with E-state index in [4.69, 9.17) is 9.47 Å². The van der Waals surface area contributed by atoms with Crippen LogP contribution in [0, 0.1) is 0 Å². The van der Waals surface area contributed by atoms with Crippen LogP contribution in [0.1, 0.15) is 16.1 Å². The van der Waals surface area contributed by atoms with E-state index in [0.29, 0.717) is 30.2 Å². The molecule has 130 valence electrons. The van der Waals surface area contributed by atoms with Gasteiger partial charge >= 0.3 is 0 Å². The van der Waals surface area contributed by atoms with Crippen LogP contribution in [0.3, 0.4) is 0 Å². The van der Waals surface area contributed by atoms with Crippen molar-refractivity contribution < 1.29 is 14.3 Å². The Morgan fingerprint density at radius 3 is 2.72 bits per heavy atom. The van der Waals surface area contributed by atoms with Crippen molar-refractivity contribution in [3.05, 3.63) is 51.7 Å². The predicted molar refractivity (Wildman–Crippen MR) is 101 cm³/mol. The van der Waals surface area contributed by atoms with E-state index in [2.05, 4.69) is 10.3 Å². The quantitative estimate of drug-likeness (QED) is 0.682. The topological polar surface area (TPSA) is 60.5 Å². The molecule has 3 rings (SSSR count). The Hall–Kier alpha value is -2.38. The third-order valence-electron chi connectivity index (χ3n) is 3.65. The highest BCUT2D eigenvalue weighted by Crippen LogP contribution is 2.28. The standard InChI is InChI=1S/C18H18N2O3S2/c1-22-15-4-3-12(9-16(15)23-2)5-7-19-17(21)14-11-25-18(20-14)13-6-8-24-10-13/h3-4,6,8-11H,5,7H2,1-2H3,(H,19,21).